The molecule has 0 spiro atoms. The van der Waals surface area contributed by atoms with Gasteiger partial charge in [0, 0.05) is 21.9 Å². The molecule has 0 radical (unpaired) electrons. The Labute approximate surface area is 207 Å². The Morgan fingerprint density at radius 3 is 2.21 bits per heavy atom. The molecule has 0 saturated carbocycles. The summed E-state index contributed by atoms with van der Waals surface area (Å²) in [6.07, 6.45) is 0. The van der Waals surface area contributed by atoms with Crippen LogP contribution in [0.2, 0.25) is 0 Å². The van der Waals surface area contributed by atoms with E-state index in [1.807, 2.05) is 18.4 Å². The van der Waals surface area contributed by atoms with Gasteiger partial charge in [-0.25, -0.2) is 12.8 Å². The van der Waals surface area contributed by atoms with Gasteiger partial charge in [0.1, 0.15) is 5.82 Å². The maximum absolute atomic E-state index is 13.4. The SMILES string of the molecule is Cc1ccsc1CN(Cc1ccc(F)cc1)C(=O)CN(C(C)C)S(=O)(=O)c1ccc(Br)cc1. The van der Waals surface area contributed by atoms with Crippen LogP contribution in [-0.4, -0.2) is 36.1 Å². The molecule has 0 atom stereocenters. The third kappa shape index (κ3) is 6.50. The number of carbonyl (C=O) groups is 1. The van der Waals surface area contributed by atoms with Gasteiger partial charge in [0.15, 0.2) is 0 Å². The summed E-state index contributed by atoms with van der Waals surface area (Å²) in [7, 11) is -3.88. The van der Waals surface area contributed by atoms with E-state index in [1.165, 1.54) is 28.6 Å². The zero-order valence-corrected chi connectivity index (χ0v) is 21.9. The first-order valence-electron chi connectivity index (χ1n) is 10.4. The minimum atomic E-state index is -3.88. The van der Waals surface area contributed by atoms with Gasteiger partial charge in [0.05, 0.1) is 18.0 Å². The number of nitrogens with zero attached hydrogens (tertiary/aromatic N) is 2. The van der Waals surface area contributed by atoms with E-state index in [0.717, 1.165) is 20.5 Å². The van der Waals surface area contributed by atoms with E-state index in [0.29, 0.717) is 6.54 Å². The number of halogens is 2. The van der Waals surface area contributed by atoms with Crippen LogP contribution in [0.3, 0.4) is 0 Å². The van der Waals surface area contributed by atoms with Crippen molar-refractivity contribution >= 4 is 43.2 Å². The van der Waals surface area contributed by atoms with Crippen LogP contribution in [-0.2, 0) is 27.9 Å². The number of benzene rings is 2. The molecule has 3 rings (SSSR count). The smallest absolute Gasteiger partial charge is 0.243 e. The largest absolute Gasteiger partial charge is 0.332 e. The molecule has 1 aromatic heterocycles. The van der Waals surface area contributed by atoms with Crippen LogP contribution < -0.4 is 0 Å². The predicted molar refractivity (Wildman–Crippen MR) is 133 cm³/mol. The molecule has 0 aliphatic rings. The molecule has 9 heteroatoms. The Hall–Kier alpha value is -2.07. The molecule has 1 amide bonds. The summed E-state index contributed by atoms with van der Waals surface area (Å²) in [6.45, 7) is 5.78. The molecular weight excluding hydrogens is 527 g/mol. The fraction of sp³-hybridized carbons (Fsp3) is 0.292. The van der Waals surface area contributed by atoms with E-state index in [1.54, 1.807) is 54.3 Å². The van der Waals surface area contributed by atoms with Crippen molar-refractivity contribution in [3.05, 3.63) is 86.3 Å². The number of aryl methyl sites for hydroxylation is 1. The molecule has 5 nitrogen and oxygen atoms in total. The van der Waals surface area contributed by atoms with Crippen molar-refractivity contribution in [2.45, 2.75) is 44.8 Å². The van der Waals surface area contributed by atoms with Gasteiger partial charge in [-0.3, -0.25) is 4.79 Å². The summed E-state index contributed by atoms with van der Waals surface area (Å²) in [5, 5.41) is 1.96. The summed E-state index contributed by atoms with van der Waals surface area (Å²) in [6, 6.07) is 13.9. The molecule has 2 aromatic carbocycles. The van der Waals surface area contributed by atoms with Crippen LogP contribution in [0.15, 0.2) is 69.3 Å². The van der Waals surface area contributed by atoms with Crippen molar-refractivity contribution in [1.82, 2.24) is 9.21 Å². The van der Waals surface area contributed by atoms with Crippen LogP contribution in [0.25, 0.3) is 0 Å². The fourth-order valence-electron chi connectivity index (χ4n) is 3.30. The van der Waals surface area contributed by atoms with E-state index in [9.17, 15) is 17.6 Å². The Morgan fingerprint density at radius 1 is 1.03 bits per heavy atom. The molecule has 0 fully saturated rings. The molecular formula is C24H26BrFN2O3S2. The highest BCUT2D eigenvalue weighted by Crippen LogP contribution is 2.23. The number of carbonyl (C=O) groups excluding carboxylic acids is 1. The number of hydrogen-bond donors (Lipinski definition) is 0. The highest BCUT2D eigenvalue weighted by Gasteiger charge is 2.31. The lowest BCUT2D eigenvalue weighted by Crippen LogP contribution is -2.45. The average Bonchev–Trinajstić information content (AvgIpc) is 3.17. The van der Waals surface area contributed by atoms with Gasteiger partial charge < -0.3 is 4.90 Å². The first-order valence-corrected chi connectivity index (χ1v) is 13.5. The van der Waals surface area contributed by atoms with Crippen molar-refractivity contribution in [2.75, 3.05) is 6.54 Å². The summed E-state index contributed by atoms with van der Waals surface area (Å²) >= 11 is 4.86. The second kappa shape index (κ2) is 10.9. The maximum Gasteiger partial charge on any atom is 0.243 e. The van der Waals surface area contributed by atoms with Crippen molar-refractivity contribution in [2.24, 2.45) is 0 Å². The van der Waals surface area contributed by atoms with Crippen molar-refractivity contribution in [3.63, 3.8) is 0 Å². The molecule has 0 saturated heterocycles. The van der Waals surface area contributed by atoms with Crippen molar-refractivity contribution in [1.29, 1.82) is 0 Å². The molecule has 33 heavy (non-hydrogen) atoms. The standard InChI is InChI=1S/C24H26BrFN2O3S2/c1-17(2)28(33(30,31)22-10-6-20(25)7-11-22)16-24(29)27(15-23-18(3)12-13-32-23)14-19-4-8-21(26)9-5-19/h4-13,17H,14-16H2,1-3H3. The molecule has 0 unspecified atom stereocenters. The van der Waals surface area contributed by atoms with E-state index in [2.05, 4.69) is 15.9 Å². The first-order chi connectivity index (χ1) is 15.6. The highest BCUT2D eigenvalue weighted by molar-refractivity contribution is 9.10. The van der Waals surface area contributed by atoms with Crippen LogP contribution in [0.1, 0.15) is 29.9 Å². The molecule has 0 aliphatic carbocycles. The van der Waals surface area contributed by atoms with E-state index < -0.39 is 16.1 Å². The number of thiophene rings is 1. The summed E-state index contributed by atoms with van der Waals surface area (Å²) in [4.78, 5) is 16.2. The van der Waals surface area contributed by atoms with Gasteiger partial charge in [-0.2, -0.15) is 4.31 Å². The molecule has 176 valence electrons. The minimum absolute atomic E-state index is 0.131. The normalized spacial score (nSPS) is 11.8. The zero-order valence-electron chi connectivity index (χ0n) is 18.7. The third-order valence-electron chi connectivity index (χ3n) is 5.23. The molecule has 0 bridgehead atoms. The van der Waals surface area contributed by atoms with E-state index in [4.69, 9.17) is 0 Å². The van der Waals surface area contributed by atoms with Crippen LogP contribution in [0.5, 0.6) is 0 Å². The Morgan fingerprint density at radius 2 is 1.67 bits per heavy atom. The van der Waals surface area contributed by atoms with Gasteiger partial charge >= 0.3 is 0 Å². The lowest BCUT2D eigenvalue weighted by Gasteiger charge is -2.29. The first kappa shape index (κ1) is 25.6. The molecule has 0 aliphatic heterocycles. The Bertz CT molecular complexity index is 1190. The summed E-state index contributed by atoms with van der Waals surface area (Å²) < 4.78 is 42.0. The van der Waals surface area contributed by atoms with Gasteiger partial charge in [-0.15, -0.1) is 11.3 Å². The minimum Gasteiger partial charge on any atom is -0.332 e. The third-order valence-corrected chi connectivity index (χ3v) is 8.80. The number of hydrogen-bond acceptors (Lipinski definition) is 4. The summed E-state index contributed by atoms with van der Waals surface area (Å²) in [5.74, 6) is -0.668. The second-order valence-corrected chi connectivity index (χ2v) is 11.8. The second-order valence-electron chi connectivity index (χ2n) is 8.00. The fourth-order valence-corrected chi connectivity index (χ4v) is 6.07. The monoisotopic (exact) mass is 552 g/mol. The zero-order chi connectivity index (χ0) is 24.2. The van der Waals surface area contributed by atoms with Crippen molar-refractivity contribution < 1.29 is 17.6 Å². The van der Waals surface area contributed by atoms with E-state index in [-0.39, 0.29) is 29.7 Å². The van der Waals surface area contributed by atoms with Gasteiger partial charge in [0.2, 0.25) is 15.9 Å². The molecule has 3 aromatic rings. The van der Waals surface area contributed by atoms with Gasteiger partial charge in [-0.05, 0) is 79.7 Å². The van der Waals surface area contributed by atoms with Crippen LogP contribution in [0, 0.1) is 12.7 Å². The van der Waals surface area contributed by atoms with Gasteiger partial charge in [-0.1, -0.05) is 28.1 Å². The predicted octanol–water partition coefficient (Wildman–Crippen LogP) is 5.59. The number of sulfonamides is 1. The highest BCUT2D eigenvalue weighted by atomic mass is 79.9. The number of amides is 1. The maximum atomic E-state index is 13.4. The Kier molecular flexibility index (Phi) is 8.44. The lowest BCUT2D eigenvalue weighted by molar-refractivity contribution is -0.132. The van der Waals surface area contributed by atoms with Crippen molar-refractivity contribution in [3.8, 4) is 0 Å². The topological polar surface area (TPSA) is 57.7 Å². The number of rotatable bonds is 9. The molecule has 1 heterocycles. The quantitative estimate of drug-likeness (QED) is 0.348. The van der Waals surface area contributed by atoms with Crippen LogP contribution in [0.4, 0.5) is 4.39 Å². The summed E-state index contributed by atoms with van der Waals surface area (Å²) in [5.41, 5.74) is 1.84. The lowest BCUT2D eigenvalue weighted by atomic mass is 10.2. The average molecular weight is 554 g/mol. The van der Waals surface area contributed by atoms with Crippen LogP contribution >= 0.6 is 27.3 Å². The van der Waals surface area contributed by atoms with Gasteiger partial charge in [0.25, 0.3) is 0 Å². The Balaban J connectivity index is 1.88. The molecule has 0 N–H and O–H groups in total. The van der Waals surface area contributed by atoms with E-state index >= 15 is 0 Å².